The van der Waals surface area contributed by atoms with E-state index in [-0.39, 0.29) is 41.9 Å². The molecule has 1 saturated heterocycles. The van der Waals surface area contributed by atoms with E-state index >= 15 is 0 Å². The molecule has 7 heteroatoms. The molecule has 1 aliphatic rings. The summed E-state index contributed by atoms with van der Waals surface area (Å²) in [4.78, 5) is 0. The third-order valence-electron chi connectivity index (χ3n) is 5.39. The number of methoxy groups -OCH3 is 1. The maximum Gasteiger partial charge on any atom is 0.201 e. The third-order valence-corrected chi connectivity index (χ3v) is 5.39. The molecule has 0 radical (unpaired) electrons. The van der Waals surface area contributed by atoms with E-state index in [1.54, 1.807) is 6.92 Å². The molecular weight excluding hydrogens is 412 g/mol. The van der Waals surface area contributed by atoms with Crippen molar-refractivity contribution in [1.29, 1.82) is 0 Å². The average Bonchev–Trinajstić information content (AvgIpc) is 2.78. The molecule has 3 aromatic rings. The van der Waals surface area contributed by atoms with E-state index in [0.717, 1.165) is 0 Å². The fraction of sp³-hybridized carbons (Fsp3) is 0.250. The minimum absolute atomic E-state index is 0.0402. The molecule has 0 amide bonds. The van der Waals surface area contributed by atoms with Crippen LogP contribution in [0.15, 0.2) is 48.5 Å². The number of hydrogen-bond donors (Lipinski definition) is 0. The Morgan fingerprint density at radius 3 is 1.77 bits per heavy atom. The summed E-state index contributed by atoms with van der Waals surface area (Å²) in [5.74, 6) is -4.64. The van der Waals surface area contributed by atoms with Crippen molar-refractivity contribution in [3.63, 3.8) is 0 Å². The van der Waals surface area contributed by atoms with Gasteiger partial charge < -0.3 is 14.2 Å². The van der Waals surface area contributed by atoms with Crippen LogP contribution in [0.25, 0.3) is 22.3 Å². The number of halogens is 4. The predicted octanol–water partition coefficient (Wildman–Crippen LogP) is 6.06. The molecule has 0 saturated carbocycles. The van der Waals surface area contributed by atoms with Crippen LogP contribution < -0.4 is 4.74 Å². The fourth-order valence-electron chi connectivity index (χ4n) is 3.62. The van der Waals surface area contributed by atoms with Crippen molar-refractivity contribution in [2.75, 3.05) is 20.3 Å². The summed E-state index contributed by atoms with van der Waals surface area (Å²) in [7, 11) is 1.25. The second kappa shape index (κ2) is 8.69. The lowest BCUT2D eigenvalue weighted by Gasteiger charge is -2.28. The first-order valence-electron chi connectivity index (χ1n) is 9.74. The van der Waals surface area contributed by atoms with E-state index in [2.05, 4.69) is 0 Å². The first-order valence-corrected chi connectivity index (χ1v) is 9.74. The van der Waals surface area contributed by atoms with Crippen molar-refractivity contribution in [2.24, 2.45) is 0 Å². The van der Waals surface area contributed by atoms with Crippen LogP contribution >= 0.6 is 0 Å². The van der Waals surface area contributed by atoms with Crippen LogP contribution in [-0.2, 0) is 9.47 Å². The minimum Gasteiger partial charge on any atom is -0.494 e. The Bertz CT molecular complexity index is 1090. The zero-order chi connectivity index (χ0) is 22.1. The van der Waals surface area contributed by atoms with Gasteiger partial charge in [-0.15, -0.1) is 0 Å². The van der Waals surface area contributed by atoms with Crippen molar-refractivity contribution >= 4 is 0 Å². The van der Waals surface area contributed by atoms with Gasteiger partial charge in [0.2, 0.25) is 5.82 Å². The normalized spacial score (nSPS) is 18.8. The smallest absolute Gasteiger partial charge is 0.201 e. The monoisotopic (exact) mass is 432 g/mol. The van der Waals surface area contributed by atoms with E-state index in [0.29, 0.717) is 11.1 Å². The van der Waals surface area contributed by atoms with E-state index in [9.17, 15) is 17.6 Å². The van der Waals surface area contributed by atoms with Gasteiger partial charge in [-0.3, -0.25) is 0 Å². The highest BCUT2D eigenvalue weighted by Gasteiger charge is 2.26. The second-order valence-corrected chi connectivity index (χ2v) is 7.28. The van der Waals surface area contributed by atoms with Gasteiger partial charge in [0, 0.05) is 17.0 Å². The van der Waals surface area contributed by atoms with Crippen LogP contribution in [0.3, 0.4) is 0 Å². The maximum absolute atomic E-state index is 14.8. The van der Waals surface area contributed by atoms with Crippen LogP contribution in [0.5, 0.6) is 5.75 Å². The van der Waals surface area contributed by atoms with Gasteiger partial charge in [-0.25, -0.2) is 13.2 Å². The molecule has 162 valence electrons. The first-order chi connectivity index (χ1) is 14.9. The molecule has 4 rings (SSSR count). The van der Waals surface area contributed by atoms with Gasteiger partial charge in [0.05, 0.1) is 20.3 Å². The van der Waals surface area contributed by atoms with Gasteiger partial charge >= 0.3 is 0 Å². The van der Waals surface area contributed by atoms with E-state index in [4.69, 9.17) is 14.2 Å². The molecule has 0 bridgehead atoms. The molecule has 31 heavy (non-hydrogen) atoms. The highest BCUT2D eigenvalue weighted by molar-refractivity contribution is 5.71. The molecule has 0 aliphatic carbocycles. The van der Waals surface area contributed by atoms with Crippen LogP contribution in [0.4, 0.5) is 17.6 Å². The van der Waals surface area contributed by atoms with Crippen molar-refractivity contribution in [2.45, 2.75) is 19.1 Å². The van der Waals surface area contributed by atoms with E-state index < -0.39 is 29.2 Å². The van der Waals surface area contributed by atoms with Crippen molar-refractivity contribution in [1.82, 2.24) is 0 Å². The number of ether oxygens (including phenoxy) is 3. The zero-order valence-electron chi connectivity index (χ0n) is 16.9. The Labute approximate surface area is 177 Å². The largest absolute Gasteiger partial charge is 0.494 e. The summed E-state index contributed by atoms with van der Waals surface area (Å²) in [6.07, 6.45) is -0.369. The maximum atomic E-state index is 14.8. The number of benzene rings is 3. The molecule has 0 atom stereocenters. The van der Waals surface area contributed by atoms with Gasteiger partial charge in [-0.2, -0.15) is 4.39 Å². The molecule has 3 aromatic carbocycles. The molecule has 1 aliphatic heterocycles. The van der Waals surface area contributed by atoms with Crippen LogP contribution in [0.2, 0.25) is 0 Å². The minimum atomic E-state index is -1.09. The molecule has 3 nitrogen and oxygen atoms in total. The SMILES string of the molecule is COc1ccc(-c2ccc(-c3ccc(C4COC(C)OC4)c(F)c3F)cc2)c(F)c1F. The molecule has 1 fully saturated rings. The van der Waals surface area contributed by atoms with Crippen molar-refractivity contribution in [3.05, 3.63) is 77.4 Å². The van der Waals surface area contributed by atoms with Gasteiger partial charge in [-0.1, -0.05) is 36.4 Å². The van der Waals surface area contributed by atoms with Crippen molar-refractivity contribution in [3.8, 4) is 28.0 Å². The summed E-state index contributed by atoms with van der Waals surface area (Å²) < 4.78 is 73.4. The summed E-state index contributed by atoms with van der Waals surface area (Å²) in [6.45, 7) is 2.23. The van der Waals surface area contributed by atoms with Gasteiger partial charge in [0.15, 0.2) is 29.5 Å². The third kappa shape index (κ3) is 4.03. The lowest BCUT2D eigenvalue weighted by atomic mass is 9.94. The second-order valence-electron chi connectivity index (χ2n) is 7.28. The van der Waals surface area contributed by atoms with E-state index in [1.165, 1.54) is 55.6 Å². The Kier molecular flexibility index (Phi) is 5.98. The van der Waals surface area contributed by atoms with Gasteiger partial charge in [-0.05, 0) is 35.7 Å². The predicted molar refractivity (Wildman–Crippen MR) is 108 cm³/mol. The van der Waals surface area contributed by atoms with E-state index in [1.807, 2.05) is 0 Å². The molecule has 1 heterocycles. The number of rotatable bonds is 4. The number of hydrogen-bond acceptors (Lipinski definition) is 3. The molecule has 0 N–H and O–H groups in total. The Morgan fingerprint density at radius 2 is 1.23 bits per heavy atom. The lowest BCUT2D eigenvalue weighted by molar-refractivity contribution is -0.176. The fourth-order valence-corrected chi connectivity index (χ4v) is 3.62. The average molecular weight is 432 g/mol. The topological polar surface area (TPSA) is 27.7 Å². The highest BCUT2D eigenvalue weighted by atomic mass is 19.2. The Balaban J connectivity index is 1.63. The molecular formula is C24H20F4O3. The highest BCUT2D eigenvalue weighted by Crippen LogP contribution is 2.34. The first kappa shape index (κ1) is 21.3. The Morgan fingerprint density at radius 1 is 0.710 bits per heavy atom. The lowest BCUT2D eigenvalue weighted by Crippen LogP contribution is -2.29. The quantitative estimate of drug-likeness (QED) is 0.469. The van der Waals surface area contributed by atoms with Gasteiger partial charge in [0.25, 0.3) is 0 Å². The Hall–Kier alpha value is -2.90. The standard InChI is InChI=1S/C24H20F4O3/c1-13-30-11-16(12-31-13)19-8-7-17(21(25)22(19)26)14-3-5-15(6-4-14)18-9-10-20(29-2)24(28)23(18)27/h3-10,13,16H,11-12H2,1-2H3. The summed E-state index contributed by atoms with van der Waals surface area (Å²) in [6, 6.07) is 11.9. The molecule has 0 unspecified atom stereocenters. The summed E-state index contributed by atoms with van der Waals surface area (Å²) >= 11 is 0. The molecule has 0 aromatic heterocycles. The zero-order valence-corrected chi connectivity index (χ0v) is 16.9. The summed E-state index contributed by atoms with van der Waals surface area (Å²) in [5.41, 5.74) is 1.11. The van der Waals surface area contributed by atoms with Crippen LogP contribution in [0.1, 0.15) is 18.4 Å². The van der Waals surface area contributed by atoms with Crippen molar-refractivity contribution < 1.29 is 31.8 Å². The van der Waals surface area contributed by atoms with Gasteiger partial charge in [0.1, 0.15) is 0 Å². The summed E-state index contributed by atoms with van der Waals surface area (Å²) in [5, 5.41) is 0. The van der Waals surface area contributed by atoms with Crippen LogP contribution in [0, 0.1) is 23.3 Å². The van der Waals surface area contributed by atoms with Crippen LogP contribution in [-0.4, -0.2) is 26.6 Å². The molecule has 0 spiro atoms.